The maximum Gasteiger partial charge on any atom is 0.343 e. The highest BCUT2D eigenvalue weighted by Gasteiger charge is 2.42. The summed E-state index contributed by atoms with van der Waals surface area (Å²) < 4.78 is 16.5. The largest absolute Gasteiger partial charge is 0.463 e. The number of fused-ring (bicyclic) bond motifs is 5. The number of para-hydroxylation sites is 1. The first-order valence-corrected chi connectivity index (χ1v) is 5.68. The van der Waals surface area contributed by atoms with Gasteiger partial charge in [-0.25, -0.2) is 4.79 Å². The summed E-state index contributed by atoms with van der Waals surface area (Å²) >= 11 is 0. The monoisotopic (exact) mass is 230 g/mol. The van der Waals surface area contributed by atoms with E-state index in [9.17, 15) is 4.79 Å². The van der Waals surface area contributed by atoms with Crippen LogP contribution in [0.1, 0.15) is 17.9 Å². The molecule has 0 N–H and O–H groups in total. The molecule has 4 rings (SSSR count). The summed E-state index contributed by atoms with van der Waals surface area (Å²) in [6, 6.07) is 7.42. The molecule has 2 atom stereocenters. The molecule has 2 aromatic rings. The Morgan fingerprint density at radius 3 is 3.06 bits per heavy atom. The highest BCUT2D eigenvalue weighted by Crippen LogP contribution is 2.45. The van der Waals surface area contributed by atoms with Crippen LogP contribution in [0, 0.1) is 0 Å². The van der Waals surface area contributed by atoms with Gasteiger partial charge >= 0.3 is 5.63 Å². The van der Waals surface area contributed by atoms with Crippen molar-refractivity contribution in [3.8, 4) is 5.75 Å². The van der Waals surface area contributed by atoms with Crippen LogP contribution in [-0.2, 0) is 4.74 Å². The lowest BCUT2D eigenvalue weighted by Gasteiger charge is -2.07. The zero-order chi connectivity index (χ0) is 11.4. The van der Waals surface area contributed by atoms with Crippen LogP contribution in [0.2, 0.25) is 0 Å². The van der Waals surface area contributed by atoms with Crippen molar-refractivity contribution >= 4 is 11.0 Å². The minimum atomic E-state index is -0.307. The molecule has 1 aromatic heterocycles. The van der Waals surface area contributed by atoms with Crippen molar-refractivity contribution in [2.45, 2.75) is 18.6 Å². The molecule has 0 unspecified atom stereocenters. The summed E-state index contributed by atoms with van der Waals surface area (Å²) in [6.45, 7) is 0.640. The van der Waals surface area contributed by atoms with Crippen molar-refractivity contribution in [3.63, 3.8) is 0 Å². The summed E-state index contributed by atoms with van der Waals surface area (Å²) in [5.41, 5.74) is 0.916. The molecule has 1 saturated heterocycles. The molecule has 0 saturated carbocycles. The second-order valence-corrected chi connectivity index (χ2v) is 4.38. The van der Waals surface area contributed by atoms with Crippen LogP contribution in [0.3, 0.4) is 0 Å². The molecular formula is C13H10O4. The number of hydrogen-bond donors (Lipinski definition) is 0. The van der Waals surface area contributed by atoms with Crippen LogP contribution in [-0.4, -0.2) is 12.9 Å². The van der Waals surface area contributed by atoms with Crippen molar-refractivity contribution in [1.29, 1.82) is 0 Å². The molecular weight excluding hydrogens is 220 g/mol. The predicted octanol–water partition coefficient (Wildman–Crippen LogP) is 2.02. The number of hydrogen-bond acceptors (Lipinski definition) is 4. The quantitative estimate of drug-likeness (QED) is 0.649. The van der Waals surface area contributed by atoms with Gasteiger partial charge in [-0.3, -0.25) is 0 Å². The van der Waals surface area contributed by atoms with Crippen molar-refractivity contribution in [1.82, 2.24) is 0 Å². The fraction of sp³-hybridized carbons (Fsp3) is 0.308. The normalized spacial score (nSPS) is 25.6. The Labute approximate surface area is 96.8 Å². The van der Waals surface area contributed by atoms with Gasteiger partial charge in [-0.2, -0.15) is 0 Å². The smallest absolute Gasteiger partial charge is 0.343 e. The van der Waals surface area contributed by atoms with E-state index in [0.717, 1.165) is 11.8 Å². The number of ether oxygens (including phenoxy) is 2. The van der Waals surface area contributed by atoms with Gasteiger partial charge in [0.25, 0.3) is 0 Å². The molecule has 0 radical (unpaired) electrons. The summed E-state index contributed by atoms with van der Waals surface area (Å²) in [5.74, 6) is 0.678. The Kier molecular flexibility index (Phi) is 1.69. The minimum Gasteiger partial charge on any atom is -0.463 e. The Morgan fingerprint density at radius 2 is 2.12 bits per heavy atom. The zero-order valence-electron chi connectivity index (χ0n) is 9.01. The average Bonchev–Trinajstić information content (AvgIpc) is 2.88. The van der Waals surface area contributed by atoms with Gasteiger partial charge in [0.1, 0.15) is 11.3 Å². The molecule has 1 fully saturated rings. The lowest BCUT2D eigenvalue weighted by Crippen LogP contribution is -2.15. The highest BCUT2D eigenvalue weighted by molar-refractivity contribution is 5.85. The fourth-order valence-electron chi connectivity index (χ4n) is 2.66. The predicted molar refractivity (Wildman–Crippen MR) is 60.2 cm³/mol. The number of benzene rings is 1. The maximum absolute atomic E-state index is 12.0. The zero-order valence-corrected chi connectivity index (χ0v) is 9.01. The Bertz CT molecular complexity index is 658. The molecule has 0 bridgehead atoms. The van der Waals surface area contributed by atoms with E-state index in [1.807, 2.05) is 18.2 Å². The van der Waals surface area contributed by atoms with E-state index in [0.29, 0.717) is 23.5 Å². The lowest BCUT2D eigenvalue weighted by molar-refractivity contribution is -0.0330. The maximum atomic E-state index is 12.0. The molecule has 4 nitrogen and oxygen atoms in total. The first-order valence-electron chi connectivity index (χ1n) is 5.68. The standard InChI is InChI=1S/C13H10O4/c14-12-10-8-5-6-15-13(8)17-11(10)7-3-1-2-4-9(7)16-12/h1-4,8,13H,5-6H2/t8-,13+/m0/s1. The summed E-state index contributed by atoms with van der Waals surface area (Å²) in [4.78, 5) is 12.0. The van der Waals surface area contributed by atoms with Gasteiger partial charge in [-0.1, -0.05) is 12.1 Å². The van der Waals surface area contributed by atoms with Crippen LogP contribution in [0.5, 0.6) is 5.75 Å². The molecule has 1 aromatic carbocycles. The first kappa shape index (κ1) is 9.24. The van der Waals surface area contributed by atoms with E-state index in [-0.39, 0.29) is 17.8 Å². The van der Waals surface area contributed by atoms with Gasteiger partial charge in [0.05, 0.1) is 23.5 Å². The van der Waals surface area contributed by atoms with Gasteiger partial charge in [0.2, 0.25) is 6.29 Å². The van der Waals surface area contributed by atoms with Crippen LogP contribution >= 0.6 is 0 Å². The van der Waals surface area contributed by atoms with E-state index >= 15 is 0 Å². The average molecular weight is 230 g/mol. The lowest BCUT2D eigenvalue weighted by atomic mass is 9.99. The van der Waals surface area contributed by atoms with Crippen molar-refractivity contribution in [2.24, 2.45) is 0 Å². The van der Waals surface area contributed by atoms with Crippen LogP contribution in [0.4, 0.5) is 0 Å². The molecule has 17 heavy (non-hydrogen) atoms. The van der Waals surface area contributed by atoms with Crippen LogP contribution in [0.15, 0.2) is 33.5 Å². The van der Waals surface area contributed by atoms with Gasteiger partial charge in [-0.15, -0.1) is 0 Å². The fourth-order valence-corrected chi connectivity index (χ4v) is 2.66. The van der Waals surface area contributed by atoms with E-state index in [2.05, 4.69) is 0 Å². The van der Waals surface area contributed by atoms with Gasteiger partial charge in [-0.05, 0) is 18.6 Å². The van der Waals surface area contributed by atoms with Crippen molar-refractivity contribution in [2.75, 3.05) is 6.61 Å². The summed E-state index contributed by atoms with van der Waals surface area (Å²) in [5, 5.41) is 0.847. The summed E-state index contributed by atoms with van der Waals surface area (Å²) in [6.07, 6.45) is 0.513. The van der Waals surface area contributed by atoms with Gasteiger partial charge in [0, 0.05) is 0 Å². The first-order chi connectivity index (χ1) is 8.34. The number of rotatable bonds is 0. The van der Waals surface area contributed by atoms with Crippen molar-refractivity contribution in [3.05, 3.63) is 40.2 Å². The molecule has 0 spiro atoms. The van der Waals surface area contributed by atoms with E-state index in [1.54, 1.807) is 6.07 Å². The highest BCUT2D eigenvalue weighted by atomic mass is 16.7. The van der Waals surface area contributed by atoms with E-state index < -0.39 is 0 Å². The minimum absolute atomic E-state index is 0.0332. The molecule has 3 heterocycles. The third kappa shape index (κ3) is 1.13. The van der Waals surface area contributed by atoms with E-state index in [1.165, 1.54) is 0 Å². The van der Waals surface area contributed by atoms with Crippen LogP contribution < -0.4 is 10.4 Å². The second-order valence-electron chi connectivity index (χ2n) is 4.38. The third-order valence-corrected chi connectivity index (χ3v) is 3.44. The Hall–Kier alpha value is -1.81. The SMILES string of the molecule is O=c1oc2ccccc2c2c1[C@@H]1CCO[C@@H]1O2. The molecule has 86 valence electrons. The third-order valence-electron chi connectivity index (χ3n) is 3.44. The topological polar surface area (TPSA) is 48.7 Å². The second kappa shape index (κ2) is 3.11. The van der Waals surface area contributed by atoms with Gasteiger partial charge in [0.15, 0.2) is 0 Å². The Balaban J connectivity index is 2.08. The van der Waals surface area contributed by atoms with Crippen LogP contribution in [0.25, 0.3) is 11.0 Å². The molecule has 0 amide bonds. The summed E-state index contributed by atoms with van der Waals surface area (Å²) in [7, 11) is 0. The van der Waals surface area contributed by atoms with Gasteiger partial charge < -0.3 is 13.9 Å². The van der Waals surface area contributed by atoms with E-state index in [4.69, 9.17) is 13.9 Å². The molecule has 4 heteroatoms. The molecule has 2 aliphatic rings. The molecule has 2 aliphatic heterocycles. The molecule has 0 aliphatic carbocycles. The van der Waals surface area contributed by atoms with Crippen molar-refractivity contribution < 1.29 is 13.9 Å². The Morgan fingerprint density at radius 1 is 1.24 bits per heavy atom.